The smallest absolute Gasteiger partial charge is 0.246 e. The van der Waals surface area contributed by atoms with E-state index in [0.717, 1.165) is 12.8 Å². The molecule has 2 atom stereocenters. The van der Waals surface area contributed by atoms with Gasteiger partial charge in [-0.15, -0.1) is 0 Å². The van der Waals surface area contributed by atoms with Crippen LogP contribution in [-0.4, -0.2) is 42.0 Å². The molecule has 4 nitrogen and oxygen atoms in total. The van der Waals surface area contributed by atoms with Crippen LogP contribution in [0.2, 0.25) is 0 Å². The van der Waals surface area contributed by atoms with E-state index in [1.807, 2.05) is 0 Å². The standard InChI is InChI=1S/C10H15FN2O2/c1-6-9(14)12-8(7-2-3-7)10(15)13(6)5-4-11/h6-8H,2-5H2,1H3,(H,12,14). The SMILES string of the molecule is CC1C(=O)NC(C2CC2)C(=O)N1CCF. The molecule has 2 aliphatic rings. The van der Waals surface area contributed by atoms with E-state index in [2.05, 4.69) is 5.32 Å². The van der Waals surface area contributed by atoms with E-state index in [9.17, 15) is 14.0 Å². The Morgan fingerprint density at radius 1 is 1.47 bits per heavy atom. The lowest BCUT2D eigenvalue weighted by Gasteiger charge is -2.36. The van der Waals surface area contributed by atoms with Gasteiger partial charge in [-0.2, -0.15) is 0 Å². The number of piperazine rings is 1. The number of carbonyl (C=O) groups excluding carboxylic acids is 2. The van der Waals surface area contributed by atoms with Crippen LogP contribution in [0.5, 0.6) is 0 Å². The molecule has 2 rings (SSSR count). The zero-order valence-electron chi connectivity index (χ0n) is 8.70. The van der Waals surface area contributed by atoms with Gasteiger partial charge in [-0.25, -0.2) is 4.39 Å². The van der Waals surface area contributed by atoms with Crippen molar-refractivity contribution in [3.05, 3.63) is 0 Å². The summed E-state index contributed by atoms with van der Waals surface area (Å²) in [6.45, 7) is 1.06. The third-order valence-corrected chi connectivity index (χ3v) is 3.11. The first-order valence-corrected chi connectivity index (χ1v) is 5.32. The van der Waals surface area contributed by atoms with Gasteiger partial charge in [-0.1, -0.05) is 0 Å². The summed E-state index contributed by atoms with van der Waals surface area (Å²) in [6.07, 6.45) is 1.96. The molecule has 0 spiro atoms. The van der Waals surface area contributed by atoms with Crippen LogP contribution in [0.1, 0.15) is 19.8 Å². The van der Waals surface area contributed by atoms with Crippen molar-refractivity contribution in [2.75, 3.05) is 13.2 Å². The van der Waals surface area contributed by atoms with Crippen molar-refractivity contribution in [1.29, 1.82) is 0 Å². The average molecular weight is 214 g/mol. The molecule has 1 aliphatic heterocycles. The van der Waals surface area contributed by atoms with Gasteiger partial charge in [0.25, 0.3) is 0 Å². The van der Waals surface area contributed by atoms with Gasteiger partial charge in [-0.3, -0.25) is 9.59 Å². The van der Waals surface area contributed by atoms with E-state index in [0.29, 0.717) is 0 Å². The van der Waals surface area contributed by atoms with Crippen LogP contribution in [0, 0.1) is 5.92 Å². The minimum absolute atomic E-state index is 0.0244. The molecule has 1 heterocycles. The topological polar surface area (TPSA) is 49.4 Å². The van der Waals surface area contributed by atoms with Crippen LogP contribution in [-0.2, 0) is 9.59 Å². The number of halogens is 1. The zero-order valence-corrected chi connectivity index (χ0v) is 8.70. The Morgan fingerprint density at radius 3 is 2.67 bits per heavy atom. The Bertz CT molecular complexity index is 291. The molecule has 1 saturated carbocycles. The first kappa shape index (κ1) is 10.4. The van der Waals surface area contributed by atoms with E-state index in [1.165, 1.54) is 4.90 Å². The lowest BCUT2D eigenvalue weighted by atomic mass is 10.0. The first-order valence-electron chi connectivity index (χ1n) is 5.32. The second-order valence-corrected chi connectivity index (χ2v) is 4.22. The first-order chi connectivity index (χ1) is 7.15. The van der Waals surface area contributed by atoms with Gasteiger partial charge < -0.3 is 10.2 Å². The summed E-state index contributed by atoms with van der Waals surface area (Å²) in [5.41, 5.74) is 0. The summed E-state index contributed by atoms with van der Waals surface area (Å²) in [7, 11) is 0. The molecule has 2 unspecified atom stereocenters. The highest BCUT2D eigenvalue weighted by atomic mass is 19.1. The maximum atomic E-state index is 12.3. The van der Waals surface area contributed by atoms with Crippen LogP contribution in [0.3, 0.4) is 0 Å². The largest absolute Gasteiger partial charge is 0.342 e. The fourth-order valence-electron chi connectivity index (χ4n) is 1.99. The van der Waals surface area contributed by atoms with Crippen LogP contribution < -0.4 is 5.32 Å². The van der Waals surface area contributed by atoms with Gasteiger partial charge in [0.15, 0.2) is 0 Å². The third kappa shape index (κ3) is 1.82. The normalized spacial score (nSPS) is 31.7. The molecular formula is C10H15FN2O2. The number of carbonyl (C=O) groups is 2. The molecule has 5 heteroatoms. The van der Waals surface area contributed by atoms with Crippen LogP contribution in [0.25, 0.3) is 0 Å². The van der Waals surface area contributed by atoms with Gasteiger partial charge in [0.2, 0.25) is 11.8 Å². The molecule has 15 heavy (non-hydrogen) atoms. The Labute approximate surface area is 87.8 Å². The van der Waals surface area contributed by atoms with E-state index < -0.39 is 18.8 Å². The molecule has 2 amide bonds. The highest BCUT2D eigenvalue weighted by Gasteiger charge is 2.45. The number of nitrogens with zero attached hydrogens (tertiary/aromatic N) is 1. The van der Waals surface area contributed by atoms with Gasteiger partial charge in [-0.05, 0) is 25.7 Å². The summed E-state index contributed by atoms with van der Waals surface area (Å²) < 4.78 is 12.3. The van der Waals surface area contributed by atoms with E-state index in [1.54, 1.807) is 6.92 Å². The Balaban J connectivity index is 2.12. The number of rotatable bonds is 3. The molecule has 1 N–H and O–H groups in total. The molecule has 1 saturated heterocycles. The van der Waals surface area contributed by atoms with Gasteiger partial charge in [0, 0.05) is 6.54 Å². The Kier molecular flexibility index (Phi) is 2.63. The van der Waals surface area contributed by atoms with Gasteiger partial charge in [0.05, 0.1) is 0 Å². The molecule has 1 aliphatic carbocycles. The molecule has 84 valence electrons. The zero-order chi connectivity index (χ0) is 11.0. The van der Waals surface area contributed by atoms with Crippen LogP contribution >= 0.6 is 0 Å². The lowest BCUT2D eigenvalue weighted by molar-refractivity contribution is -0.149. The van der Waals surface area contributed by atoms with Gasteiger partial charge >= 0.3 is 0 Å². The predicted octanol–water partition coefficient (Wildman–Crippen LogP) is 0.0814. The van der Waals surface area contributed by atoms with Gasteiger partial charge in [0.1, 0.15) is 18.8 Å². The quantitative estimate of drug-likeness (QED) is 0.723. The van der Waals surface area contributed by atoms with Crippen LogP contribution in [0.4, 0.5) is 4.39 Å². The lowest BCUT2D eigenvalue weighted by Crippen LogP contribution is -2.63. The van der Waals surface area contributed by atoms with Crippen molar-refractivity contribution < 1.29 is 14.0 Å². The van der Waals surface area contributed by atoms with E-state index in [-0.39, 0.29) is 24.3 Å². The summed E-state index contributed by atoms with van der Waals surface area (Å²) in [5, 5.41) is 2.71. The molecular weight excluding hydrogens is 199 g/mol. The molecule has 0 bridgehead atoms. The average Bonchev–Trinajstić information content (AvgIpc) is 3.02. The molecule has 0 radical (unpaired) electrons. The van der Waals surface area contributed by atoms with Crippen molar-refractivity contribution in [3.63, 3.8) is 0 Å². The molecule has 0 aromatic heterocycles. The minimum Gasteiger partial charge on any atom is -0.342 e. The highest BCUT2D eigenvalue weighted by molar-refractivity contribution is 5.97. The molecule has 2 fully saturated rings. The van der Waals surface area contributed by atoms with Crippen molar-refractivity contribution >= 4 is 11.8 Å². The van der Waals surface area contributed by atoms with E-state index >= 15 is 0 Å². The summed E-state index contributed by atoms with van der Waals surface area (Å²) in [6, 6.07) is -0.941. The predicted molar refractivity (Wildman–Crippen MR) is 51.8 cm³/mol. The Hall–Kier alpha value is -1.13. The number of hydrogen-bond donors (Lipinski definition) is 1. The fourth-order valence-corrected chi connectivity index (χ4v) is 1.99. The number of alkyl halides is 1. The molecule has 0 aromatic carbocycles. The van der Waals surface area contributed by atoms with Crippen molar-refractivity contribution in [2.24, 2.45) is 5.92 Å². The van der Waals surface area contributed by atoms with Crippen LogP contribution in [0.15, 0.2) is 0 Å². The molecule has 0 aromatic rings. The van der Waals surface area contributed by atoms with Crippen molar-refractivity contribution in [1.82, 2.24) is 10.2 Å². The summed E-state index contributed by atoms with van der Waals surface area (Å²) in [5.74, 6) is -0.0155. The minimum atomic E-state index is -0.596. The maximum absolute atomic E-state index is 12.3. The van der Waals surface area contributed by atoms with E-state index in [4.69, 9.17) is 0 Å². The number of hydrogen-bond acceptors (Lipinski definition) is 2. The Morgan fingerprint density at radius 2 is 2.13 bits per heavy atom. The summed E-state index contributed by atoms with van der Waals surface area (Å²) in [4.78, 5) is 24.8. The number of amides is 2. The third-order valence-electron chi connectivity index (χ3n) is 3.11. The second-order valence-electron chi connectivity index (χ2n) is 4.22. The summed E-state index contributed by atoms with van der Waals surface area (Å²) >= 11 is 0. The maximum Gasteiger partial charge on any atom is 0.246 e. The van der Waals surface area contributed by atoms with Crippen molar-refractivity contribution in [2.45, 2.75) is 31.8 Å². The highest BCUT2D eigenvalue weighted by Crippen LogP contribution is 2.34. The number of nitrogens with one attached hydrogen (secondary N) is 1. The fraction of sp³-hybridized carbons (Fsp3) is 0.800. The monoisotopic (exact) mass is 214 g/mol. The second kappa shape index (κ2) is 3.79. The van der Waals surface area contributed by atoms with Crippen molar-refractivity contribution in [3.8, 4) is 0 Å².